The average Bonchev–Trinajstić information content (AvgIpc) is 2.56. The second kappa shape index (κ2) is 8.45. The Morgan fingerprint density at radius 3 is 2.78 bits per heavy atom. The predicted molar refractivity (Wildman–Crippen MR) is 92.1 cm³/mol. The lowest BCUT2D eigenvalue weighted by Crippen LogP contribution is -2.22. The summed E-state index contributed by atoms with van der Waals surface area (Å²) in [4.78, 5) is 23.3. The molecule has 0 spiro atoms. The molecule has 2 N–H and O–H groups in total. The zero-order chi connectivity index (χ0) is 16.7. The number of amides is 1. The highest BCUT2D eigenvalue weighted by atomic mass is 79.9. The zero-order valence-electron chi connectivity index (χ0n) is 12.4. The van der Waals surface area contributed by atoms with Gasteiger partial charge in [-0.2, -0.15) is 0 Å². The molecule has 6 heteroatoms. The van der Waals surface area contributed by atoms with Crippen molar-refractivity contribution in [1.29, 1.82) is 0 Å². The number of rotatable bonds is 6. The molecule has 0 aliphatic rings. The highest BCUT2D eigenvalue weighted by Crippen LogP contribution is 2.17. The number of hydrogen-bond donors (Lipinski definition) is 2. The summed E-state index contributed by atoms with van der Waals surface area (Å²) in [5, 5.41) is 8.45. The molecule has 0 radical (unpaired) electrons. The van der Waals surface area contributed by atoms with Crippen molar-refractivity contribution in [2.45, 2.75) is 19.4 Å². The Bertz CT molecular complexity index is 768. The van der Waals surface area contributed by atoms with Crippen LogP contribution < -0.4 is 11.0 Å². The number of halogens is 1. The van der Waals surface area contributed by atoms with Gasteiger partial charge in [0.1, 0.15) is 0 Å². The fourth-order valence-electron chi connectivity index (χ4n) is 2.20. The molecule has 0 atom stereocenters. The fraction of sp³-hybridized carbons (Fsp3) is 0.176. The van der Waals surface area contributed by atoms with Gasteiger partial charge in [-0.25, -0.2) is 5.48 Å². The molecule has 23 heavy (non-hydrogen) atoms. The van der Waals surface area contributed by atoms with E-state index in [0.29, 0.717) is 12.1 Å². The van der Waals surface area contributed by atoms with Gasteiger partial charge in [0.15, 0.2) is 0 Å². The number of aryl methyl sites for hydroxylation is 2. The lowest BCUT2D eigenvalue weighted by Gasteiger charge is -2.07. The third kappa shape index (κ3) is 4.91. The van der Waals surface area contributed by atoms with Gasteiger partial charge in [-0.15, -0.1) is 0 Å². The first-order valence-electron chi connectivity index (χ1n) is 7.17. The monoisotopic (exact) mass is 376 g/mol. The van der Waals surface area contributed by atoms with Crippen molar-refractivity contribution >= 4 is 27.9 Å². The van der Waals surface area contributed by atoms with Crippen LogP contribution in [0.15, 0.2) is 57.9 Å². The molecular formula is C17H17BrN2O3. The minimum Gasteiger partial charge on any atom is -0.315 e. The van der Waals surface area contributed by atoms with E-state index in [1.165, 1.54) is 17.1 Å². The highest BCUT2D eigenvalue weighted by molar-refractivity contribution is 9.10. The van der Waals surface area contributed by atoms with Crippen LogP contribution in [0.1, 0.15) is 17.5 Å². The number of nitrogens with zero attached hydrogens (tertiary/aromatic N) is 1. The van der Waals surface area contributed by atoms with Gasteiger partial charge in [0.2, 0.25) is 0 Å². The number of pyridine rings is 1. The molecular weight excluding hydrogens is 360 g/mol. The summed E-state index contributed by atoms with van der Waals surface area (Å²) in [5.41, 5.74) is 2.93. The molecule has 0 aliphatic carbocycles. The molecule has 0 aliphatic heterocycles. The molecule has 0 saturated carbocycles. The Hall–Kier alpha value is -2.18. The van der Waals surface area contributed by atoms with Crippen LogP contribution in [-0.4, -0.2) is 15.7 Å². The molecule has 0 unspecified atom stereocenters. The number of carbonyl (C=O) groups is 1. The first kappa shape index (κ1) is 17.2. The Kier molecular flexibility index (Phi) is 6.31. The van der Waals surface area contributed by atoms with Gasteiger partial charge < -0.3 is 4.57 Å². The number of hydrogen-bond acceptors (Lipinski definition) is 3. The van der Waals surface area contributed by atoms with Gasteiger partial charge in [-0.05, 0) is 42.7 Å². The molecule has 1 heterocycles. The molecule has 0 bridgehead atoms. The molecule has 2 rings (SSSR count). The Balaban J connectivity index is 2.04. The van der Waals surface area contributed by atoms with Crippen molar-refractivity contribution in [2.24, 2.45) is 0 Å². The van der Waals surface area contributed by atoms with Crippen molar-refractivity contribution in [3.05, 3.63) is 74.6 Å². The smallest absolute Gasteiger partial charge is 0.267 e. The average molecular weight is 377 g/mol. The van der Waals surface area contributed by atoms with E-state index < -0.39 is 5.91 Å². The van der Waals surface area contributed by atoms with Crippen LogP contribution in [-0.2, 0) is 17.8 Å². The van der Waals surface area contributed by atoms with Crippen molar-refractivity contribution < 1.29 is 10.0 Å². The summed E-state index contributed by atoms with van der Waals surface area (Å²) >= 11 is 3.51. The minimum atomic E-state index is -0.672. The van der Waals surface area contributed by atoms with E-state index in [0.717, 1.165) is 23.4 Å². The number of carbonyl (C=O) groups excluding carboxylic acids is 1. The Morgan fingerprint density at radius 2 is 2.04 bits per heavy atom. The van der Waals surface area contributed by atoms with Crippen LogP contribution in [0.2, 0.25) is 0 Å². The van der Waals surface area contributed by atoms with Gasteiger partial charge in [0.05, 0.1) is 0 Å². The number of benzene rings is 1. The third-order valence-corrected chi connectivity index (χ3v) is 4.15. The van der Waals surface area contributed by atoms with E-state index in [2.05, 4.69) is 22.0 Å². The standard InChI is InChI=1S/C17H17BrN2O3/c18-15-8-2-1-5-13(15)6-3-11-20-12-4-7-14(17(20)22)9-10-16(21)19-23/h1-2,4-5,7-10,12,23H,3,6,11H2,(H,19,21)/b10-9+. The van der Waals surface area contributed by atoms with Crippen LogP contribution in [0.4, 0.5) is 0 Å². The largest absolute Gasteiger partial charge is 0.315 e. The molecule has 1 aromatic heterocycles. The van der Waals surface area contributed by atoms with Crippen molar-refractivity contribution in [3.63, 3.8) is 0 Å². The second-order valence-electron chi connectivity index (χ2n) is 4.97. The molecule has 1 amide bonds. The van der Waals surface area contributed by atoms with E-state index >= 15 is 0 Å². The number of hydroxylamine groups is 1. The summed E-state index contributed by atoms with van der Waals surface area (Å²) in [6.07, 6.45) is 5.92. The van der Waals surface area contributed by atoms with E-state index in [1.807, 2.05) is 18.2 Å². The van der Waals surface area contributed by atoms with Crippen LogP contribution in [0.25, 0.3) is 6.08 Å². The van der Waals surface area contributed by atoms with Gasteiger partial charge in [-0.1, -0.05) is 34.1 Å². The lowest BCUT2D eigenvalue weighted by atomic mass is 10.1. The summed E-state index contributed by atoms with van der Waals surface area (Å²) in [7, 11) is 0. The Labute approximate surface area is 142 Å². The van der Waals surface area contributed by atoms with E-state index in [9.17, 15) is 9.59 Å². The van der Waals surface area contributed by atoms with Crippen molar-refractivity contribution in [2.75, 3.05) is 0 Å². The summed E-state index contributed by atoms with van der Waals surface area (Å²) in [6.45, 7) is 0.591. The number of nitrogens with one attached hydrogen (secondary N) is 1. The van der Waals surface area contributed by atoms with Crippen LogP contribution >= 0.6 is 15.9 Å². The summed E-state index contributed by atoms with van der Waals surface area (Å²) < 4.78 is 2.69. The summed E-state index contributed by atoms with van der Waals surface area (Å²) in [5.74, 6) is -0.672. The van der Waals surface area contributed by atoms with Gasteiger partial charge in [0.25, 0.3) is 11.5 Å². The zero-order valence-corrected chi connectivity index (χ0v) is 14.0. The van der Waals surface area contributed by atoms with Crippen molar-refractivity contribution in [3.8, 4) is 0 Å². The number of aromatic nitrogens is 1. The molecule has 0 fully saturated rings. The van der Waals surface area contributed by atoms with Crippen molar-refractivity contribution in [1.82, 2.24) is 10.0 Å². The first-order chi connectivity index (χ1) is 11.1. The molecule has 1 aromatic carbocycles. The molecule has 120 valence electrons. The first-order valence-corrected chi connectivity index (χ1v) is 7.96. The predicted octanol–water partition coefficient (Wildman–Crippen LogP) is 2.76. The second-order valence-corrected chi connectivity index (χ2v) is 5.82. The topological polar surface area (TPSA) is 71.3 Å². The highest BCUT2D eigenvalue weighted by Gasteiger charge is 2.03. The van der Waals surface area contributed by atoms with Crippen LogP contribution in [0, 0.1) is 0 Å². The van der Waals surface area contributed by atoms with Gasteiger partial charge in [-0.3, -0.25) is 14.8 Å². The maximum atomic E-state index is 12.3. The Morgan fingerprint density at radius 1 is 1.26 bits per heavy atom. The minimum absolute atomic E-state index is 0.165. The van der Waals surface area contributed by atoms with Crippen LogP contribution in [0.3, 0.4) is 0 Å². The summed E-state index contributed by atoms with van der Waals surface area (Å²) in [6, 6.07) is 11.4. The molecule has 2 aromatic rings. The lowest BCUT2D eigenvalue weighted by molar-refractivity contribution is -0.124. The maximum absolute atomic E-state index is 12.3. The molecule has 0 saturated heterocycles. The van der Waals surface area contributed by atoms with E-state index in [4.69, 9.17) is 5.21 Å². The van der Waals surface area contributed by atoms with E-state index in [-0.39, 0.29) is 5.56 Å². The van der Waals surface area contributed by atoms with E-state index in [1.54, 1.807) is 22.9 Å². The SMILES string of the molecule is O=C(/C=C/c1cccn(CCCc2ccccc2Br)c1=O)NO. The molecule has 5 nitrogen and oxygen atoms in total. The maximum Gasteiger partial charge on any atom is 0.267 e. The van der Waals surface area contributed by atoms with Crippen LogP contribution in [0.5, 0.6) is 0 Å². The van der Waals surface area contributed by atoms with Gasteiger partial charge >= 0.3 is 0 Å². The van der Waals surface area contributed by atoms with Gasteiger partial charge in [0, 0.05) is 28.9 Å². The third-order valence-electron chi connectivity index (χ3n) is 3.38. The quantitative estimate of drug-likeness (QED) is 0.462. The normalized spacial score (nSPS) is 10.9. The fourth-order valence-corrected chi connectivity index (χ4v) is 2.69.